The van der Waals surface area contributed by atoms with Gasteiger partial charge in [0.25, 0.3) is 0 Å². The normalized spacial score (nSPS) is 25.9. The molecular formula is C27H29N7O3. The van der Waals surface area contributed by atoms with Crippen LogP contribution in [0, 0.1) is 0 Å². The summed E-state index contributed by atoms with van der Waals surface area (Å²) in [6.07, 6.45) is 6.87. The zero-order valence-corrected chi connectivity index (χ0v) is 20.4. The lowest BCUT2D eigenvalue weighted by Gasteiger charge is -2.36. The first-order valence-electron chi connectivity index (χ1n) is 12.9. The molecular weight excluding hydrogens is 470 g/mol. The standard InChI is InChI=1S/C27H29N7O3/c35-27(30-19-7-9-28-10-8-19)29-18-3-1-17(2-4-18)26-31-24(33-13-23-11-22(33)16-37-23)12-25(32-26)34-20-5-6-21(34)15-36-14-20/h1-4,7-10,12,20-23H,5-6,11,13-16H2,(H2,28,29,30,35)/t20?,21?,22-,23-/m0/s1. The lowest BCUT2D eigenvalue weighted by atomic mass is 10.2. The van der Waals surface area contributed by atoms with Gasteiger partial charge in [-0.2, -0.15) is 0 Å². The number of hydrogen-bond acceptors (Lipinski definition) is 8. The molecule has 2 N–H and O–H groups in total. The van der Waals surface area contributed by atoms with Crippen molar-refractivity contribution >= 4 is 29.0 Å². The van der Waals surface area contributed by atoms with E-state index in [2.05, 4.69) is 31.5 Å². The van der Waals surface area contributed by atoms with Crippen LogP contribution in [0.4, 0.5) is 27.8 Å². The van der Waals surface area contributed by atoms with Crippen molar-refractivity contribution in [3.8, 4) is 11.4 Å². The molecule has 4 fully saturated rings. The maximum atomic E-state index is 12.4. The molecule has 0 saturated carbocycles. The maximum absolute atomic E-state index is 12.4. The van der Waals surface area contributed by atoms with Crippen molar-refractivity contribution in [2.24, 2.45) is 0 Å². The monoisotopic (exact) mass is 499 g/mol. The van der Waals surface area contributed by atoms with E-state index in [0.29, 0.717) is 35.3 Å². The minimum atomic E-state index is -0.311. The maximum Gasteiger partial charge on any atom is 0.323 e. The van der Waals surface area contributed by atoms with Crippen LogP contribution in [0.5, 0.6) is 0 Å². The summed E-state index contributed by atoms with van der Waals surface area (Å²) in [5.74, 6) is 2.62. The van der Waals surface area contributed by atoms with E-state index in [4.69, 9.17) is 19.4 Å². The van der Waals surface area contributed by atoms with E-state index in [1.54, 1.807) is 24.5 Å². The van der Waals surface area contributed by atoms with Gasteiger partial charge in [-0.3, -0.25) is 4.98 Å². The smallest absolute Gasteiger partial charge is 0.323 e. The fourth-order valence-corrected chi connectivity index (χ4v) is 5.94. The van der Waals surface area contributed by atoms with E-state index >= 15 is 0 Å². The van der Waals surface area contributed by atoms with Gasteiger partial charge < -0.3 is 29.9 Å². The fourth-order valence-electron chi connectivity index (χ4n) is 5.94. The first-order valence-corrected chi connectivity index (χ1v) is 12.9. The Labute approximate surface area is 215 Å². The van der Waals surface area contributed by atoms with Crippen molar-refractivity contribution in [1.82, 2.24) is 15.0 Å². The van der Waals surface area contributed by atoms with Crippen LogP contribution in [-0.2, 0) is 9.47 Å². The van der Waals surface area contributed by atoms with Gasteiger partial charge in [-0.1, -0.05) is 0 Å². The van der Waals surface area contributed by atoms with Crippen molar-refractivity contribution in [1.29, 1.82) is 0 Å². The number of carbonyl (C=O) groups is 1. The molecule has 1 aromatic carbocycles. The van der Waals surface area contributed by atoms with E-state index in [1.807, 2.05) is 24.3 Å². The predicted molar refractivity (Wildman–Crippen MR) is 140 cm³/mol. The van der Waals surface area contributed by atoms with E-state index in [9.17, 15) is 4.79 Å². The van der Waals surface area contributed by atoms with Gasteiger partial charge in [0.2, 0.25) is 0 Å². The minimum Gasteiger partial charge on any atom is -0.377 e. The van der Waals surface area contributed by atoms with E-state index < -0.39 is 0 Å². The van der Waals surface area contributed by atoms with Gasteiger partial charge >= 0.3 is 6.03 Å². The number of hydrogen-bond donors (Lipinski definition) is 2. The highest BCUT2D eigenvalue weighted by Crippen LogP contribution is 2.38. The number of rotatable bonds is 5. The van der Waals surface area contributed by atoms with Gasteiger partial charge in [-0.15, -0.1) is 0 Å². The van der Waals surface area contributed by atoms with Crippen LogP contribution in [0.3, 0.4) is 0 Å². The Hall–Kier alpha value is -3.76. The third-order valence-corrected chi connectivity index (χ3v) is 7.74. The molecule has 190 valence electrons. The van der Waals surface area contributed by atoms with Crippen LogP contribution in [0.2, 0.25) is 0 Å². The van der Waals surface area contributed by atoms with Gasteiger partial charge in [-0.05, 0) is 55.7 Å². The lowest BCUT2D eigenvalue weighted by Crippen LogP contribution is -2.46. The first kappa shape index (κ1) is 22.4. The number of amides is 2. The highest BCUT2D eigenvalue weighted by molar-refractivity contribution is 5.99. The molecule has 3 aromatic rings. The van der Waals surface area contributed by atoms with Gasteiger partial charge in [-0.25, -0.2) is 14.8 Å². The number of aromatic nitrogens is 3. The van der Waals surface area contributed by atoms with Crippen LogP contribution >= 0.6 is 0 Å². The summed E-state index contributed by atoms with van der Waals surface area (Å²) in [6.45, 7) is 3.11. The average Bonchev–Trinajstić information content (AvgIpc) is 3.63. The summed E-state index contributed by atoms with van der Waals surface area (Å²) in [6, 6.07) is 14.1. The second-order valence-electron chi connectivity index (χ2n) is 10.1. The van der Waals surface area contributed by atoms with Crippen molar-refractivity contribution in [2.75, 3.05) is 46.8 Å². The highest BCUT2D eigenvalue weighted by Gasteiger charge is 2.42. The summed E-state index contributed by atoms with van der Waals surface area (Å²) in [5, 5.41) is 5.67. The summed E-state index contributed by atoms with van der Waals surface area (Å²) in [4.78, 5) is 31.2. The number of urea groups is 1. The lowest BCUT2D eigenvalue weighted by molar-refractivity contribution is 0.0902. The molecule has 4 aliphatic heterocycles. The Bertz CT molecular complexity index is 1270. The topological polar surface area (TPSA) is 105 Å². The zero-order valence-electron chi connectivity index (χ0n) is 20.4. The second-order valence-corrected chi connectivity index (χ2v) is 10.1. The number of benzene rings is 1. The summed E-state index contributed by atoms with van der Waals surface area (Å²) >= 11 is 0. The SMILES string of the molecule is O=C(Nc1ccncc1)Nc1ccc(-c2nc(N3C4CCC3COC4)cc(N3C[C@@H]4C[C@H]3CO4)n2)cc1. The number of carbonyl (C=O) groups excluding carboxylic acids is 1. The van der Waals surface area contributed by atoms with Crippen molar-refractivity contribution in [2.45, 2.75) is 43.5 Å². The predicted octanol–water partition coefficient (Wildman–Crippen LogP) is 3.53. The van der Waals surface area contributed by atoms with Gasteiger partial charge in [0.1, 0.15) is 11.6 Å². The van der Waals surface area contributed by atoms with E-state index in [0.717, 1.165) is 62.8 Å². The molecule has 0 radical (unpaired) electrons. The second kappa shape index (κ2) is 9.28. The molecule has 6 heterocycles. The van der Waals surface area contributed by atoms with E-state index in [1.165, 1.54) is 0 Å². The molecule has 4 aliphatic rings. The van der Waals surface area contributed by atoms with E-state index in [-0.39, 0.29) is 12.1 Å². The van der Waals surface area contributed by atoms with Crippen molar-refractivity contribution < 1.29 is 14.3 Å². The van der Waals surface area contributed by atoms with Crippen molar-refractivity contribution in [3.63, 3.8) is 0 Å². The zero-order chi connectivity index (χ0) is 24.8. The first-order chi connectivity index (χ1) is 18.2. The fraction of sp³-hybridized carbons (Fsp3) is 0.407. The number of anilines is 4. The molecule has 37 heavy (non-hydrogen) atoms. The molecule has 4 atom stereocenters. The molecule has 2 unspecified atom stereocenters. The molecule has 0 spiro atoms. The molecule has 0 aliphatic carbocycles. The summed E-state index contributed by atoms with van der Waals surface area (Å²) in [5.41, 5.74) is 2.27. The Morgan fingerprint density at radius 1 is 0.865 bits per heavy atom. The molecule has 10 heteroatoms. The number of ether oxygens (including phenoxy) is 2. The third-order valence-electron chi connectivity index (χ3n) is 7.74. The van der Waals surface area contributed by atoms with Crippen LogP contribution in [0.25, 0.3) is 11.4 Å². The molecule has 2 aromatic heterocycles. The molecule has 2 amide bonds. The molecule has 4 bridgehead atoms. The number of nitrogens with one attached hydrogen (secondary N) is 2. The quantitative estimate of drug-likeness (QED) is 0.550. The van der Waals surface area contributed by atoms with Crippen LogP contribution in [0.1, 0.15) is 19.3 Å². The Balaban J connectivity index is 1.16. The number of pyridine rings is 1. The molecule has 10 nitrogen and oxygen atoms in total. The third kappa shape index (κ3) is 4.36. The Kier molecular flexibility index (Phi) is 5.63. The van der Waals surface area contributed by atoms with Gasteiger partial charge in [0.15, 0.2) is 5.82 Å². The number of nitrogens with zero attached hydrogens (tertiary/aromatic N) is 5. The number of fused-ring (bicyclic) bond motifs is 4. The average molecular weight is 500 g/mol. The van der Waals surface area contributed by atoms with Gasteiger partial charge in [0, 0.05) is 41.9 Å². The van der Waals surface area contributed by atoms with Crippen LogP contribution < -0.4 is 20.4 Å². The molecule has 7 rings (SSSR count). The summed E-state index contributed by atoms with van der Waals surface area (Å²) < 4.78 is 11.7. The van der Waals surface area contributed by atoms with Crippen molar-refractivity contribution in [3.05, 3.63) is 54.9 Å². The molecule has 4 saturated heterocycles. The minimum absolute atomic E-state index is 0.287. The summed E-state index contributed by atoms with van der Waals surface area (Å²) in [7, 11) is 0. The van der Waals surface area contributed by atoms with Crippen LogP contribution in [0.15, 0.2) is 54.9 Å². The Morgan fingerprint density at radius 2 is 1.57 bits per heavy atom. The van der Waals surface area contributed by atoms with Gasteiger partial charge in [0.05, 0.1) is 44.1 Å². The number of morpholine rings is 2. The Morgan fingerprint density at radius 3 is 2.24 bits per heavy atom. The van der Waals surface area contributed by atoms with Crippen LogP contribution in [-0.4, -0.2) is 71.6 Å². The largest absolute Gasteiger partial charge is 0.377 e. The highest BCUT2D eigenvalue weighted by atomic mass is 16.5.